The highest BCUT2D eigenvalue weighted by Gasteiger charge is 2.14. The van der Waals surface area contributed by atoms with Gasteiger partial charge in [-0.25, -0.2) is 0 Å². The third-order valence-corrected chi connectivity index (χ3v) is 4.45. The SMILES string of the molecule is CCN(CC)c1ccc(NC(=O)Cc2nc(-c3ccccc3C)no2)cc1. The largest absolute Gasteiger partial charge is 0.372 e. The molecule has 1 N–H and O–H groups in total. The first-order valence-corrected chi connectivity index (χ1v) is 9.14. The second-order valence-electron chi connectivity index (χ2n) is 6.27. The second-order valence-corrected chi connectivity index (χ2v) is 6.27. The Kier molecular flexibility index (Phi) is 5.86. The maximum atomic E-state index is 12.3. The fraction of sp³-hybridized carbons (Fsp3) is 0.286. The Hall–Kier alpha value is -3.15. The van der Waals surface area contributed by atoms with Crippen molar-refractivity contribution in [3.05, 3.63) is 60.0 Å². The van der Waals surface area contributed by atoms with E-state index in [-0.39, 0.29) is 12.3 Å². The van der Waals surface area contributed by atoms with E-state index in [1.165, 1.54) is 0 Å². The number of aryl methyl sites for hydroxylation is 1. The summed E-state index contributed by atoms with van der Waals surface area (Å²) >= 11 is 0. The van der Waals surface area contributed by atoms with Crippen LogP contribution in [0.2, 0.25) is 0 Å². The third kappa shape index (κ3) is 4.53. The van der Waals surface area contributed by atoms with Gasteiger partial charge >= 0.3 is 0 Å². The fourth-order valence-electron chi connectivity index (χ4n) is 2.95. The van der Waals surface area contributed by atoms with Gasteiger partial charge in [0.15, 0.2) is 0 Å². The molecule has 6 heteroatoms. The van der Waals surface area contributed by atoms with E-state index >= 15 is 0 Å². The van der Waals surface area contributed by atoms with Crippen LogP contribution < -0.4 is 10.2 Å². The summed E-state index contributed by atoms with van der Waals surface area (Å²) in [5, 5.41) is 6.85. The van der Waals surface area contributed by atoms with E-state index in [4.69, 9.17) is 4.52 Å². The Balaban J connectivity index is 1.62. The molecule has 2 aromatic carbocycles. The molecular formula is C21H24N4O2. The Morgan fingerprint density at radius 1 is 1.07 bits per heavy atom. The van der Waals surface area contributed by atoms with Gasteiger partial charge in [-0.15, -0.1) is 0 Å². The monoisotopic (exact) mass is 364 g/mol. The van der Waals surface area contributed by atoms with Crippen molar-refractivity contribution in [1.29, 1.82) is 0 Å². The van der Waals surface area contributed by atoms with E-state index in [9.17, 15) is 4.79 Å². The lowest BCUT2D eigenvalue weighted by Crippen LogP contribution is -2.21. The first-order chi connectivity index (χ1) is 13.1. The number of nitrogens with zero attached hydrogens (tertiary/aromatic N) is 3. The topological polar surface area (TPSA) is 71.3 Å². The molecule has 0 aliphatic heterocycles. The molecule has 0 saturated carbocycles. The Morgan fingerprint density at radius 2 is 1.78 bits per heavy atom. The molecule has 0 atom stereocenters. The first-order valence-electron chi connectivity index (χ1n) is 9.14. The van der Waals surface area contributed by atoms with Crippen molar-refractivity contribution >= 4 is 17.3 Å². The number of aromatic nitrogens is 2. The molecule has 6 nitrogen and oxygen atoms in total. The summed E-state index contributed by atoms with van der Waals surface area (Å²) in [5.41, 5.74) is 3.84. The zero-order chi connectivity index (χ0) is 19.2. The maximum Gasteiger partial charge on any atom is 0.236 e. The molecule has 3 aromatic rings. The van der Waals surface area contributed by atoms with Crippen LogP contribution in [0.15, 0.2) is 53.1 Å². The molecule has 0 spiro atoms. The maximum absolute atomic E-state index is 12.3. The molecule has 0 fully saturated rings. The van der Waals surface area contributed by atoms with Gasteiger partial charge in [0.1, 0.15) is 6.42 Å². The van der Waals surface area contributed by atoms with Gasteiger partial charge in [-0.3, -0.25) is 4.79 Å². The molecular weight excluding hydrogens is 340 g/mol. The van der Waals surface area contributed by atoms with Crippen LogP contribution in [0.3, 0.4) is 0 Å². The number of hydrogen-bond donors (Lipinski definition) is 1. The van der Waals surface area contributed by atoms with Gasteiger partial charge in [0, 0.05) is 30.0 Å². The average Bonchev–Trinajstić information content (AvgIpc) is 3.12. The first kappa shape index (κ1) is 18.6. The van der Waals surface area contributed by atoms with Crippen LogP contribution in [0.25, 0.3) is 11.4 Å². The van der Waals surface area contributed by atoms with Crippen LogP contribution in [-0.2, 0) is 11.2 Å². The average molecular weight is 364 g/mol. The van der Waals surface area contributed by atoms with Crippen LogP contribution in [0.1, 0.15) is 25.3 Å². The highest BCUT2D eigenvalue weighted by molar-refractivity contribution is 5.91. The molecule has 0 aliphatic carbocycles. The van der Waals surface area contributed by atoms with Crippen molar-refractivity contribution in [3.8, 4) is 11.4 Å². The summed E-state index contributed by atoms with van der Waals surface area (Å²) in [5.74, 6) is 0.607. The number of carbonyl (C=O) groups is 1. The van der Waals surface area contributed by atoms with Crippen molar-refractivity contribution in [2.75, 3.05) is 23.3 Å². The zero-order valence-electron chi connectivity index (χ0n) is 15.9. The Bertz CT molecular complexity index is 899. The van der Waals surface area contributed by atoms with Crippen molar-refractivity contribution in [2.24, 2.45) is 0 Å². The molecule has 1 amide bonds. The van der Waals surface area contributed by atoms with Crippen LogP contribution in [0.5, 0.6) is 0 Å². The van der Waals surface area contributed by atoms with Crippen molar-refractivity contribution in [1.82, 2.24) is 10.1 Å². The lowest BCUT2D eigenvalue weighted by atomic mass is 10.1. The van der Waals surface area contributed by atoms with Crippen LogP contribution >= 0.6 is 0 Å². The molecule has 27 heavy (non-hydrogen) atoms. The molecule has 3 rings (SSSR count). The molecule has 0 bridgehead atoms. The fourth-order valence-corrected chi connectivity index (χ4v) is 2.95. The second kappa shape index (κ2) is 8.49. The highest BCUT2D eigenvalue weighted by atomic mass is 16.5. The smallest absolute Gasteiger partial charge is 0.236 e. The number of nitrogens with one attached hydrogen (secondary N) is 1. The summed E-state index contributed by atoms with van der Waals surface area (Å²) in [6.07, 6.45) is 0.0384. The number of hydrogen-bond acceptors (Lipinski definition) is 5. The standard InChI is InChI=1S/C21H24N4O2/c1-4-25(5-2)17-12-10-16(11-13-17)22-19(26)14-20-23-21(24-27-20)18-9-7-6-8-15(18)3/h6-13H,4-5,14H2,1-3H3,(H,22,26). The third-order valence-electron chi connectivity index (χ3n) is 4.45. The number of carbonyl (C=O) groups excluding carboxylic acids is 1. The minimum Gasteiger partial charge on any atom is -0.372 e. The molecule has 1 aromatic heterocycles. The molecule has 0 unspecified atom stereocenters. The summed E-state index contributed by atoms with van der Waals surface area (Å²) in [6, 6.07) is 15.6. The van der Waals surface area contributed by atoms with E-state index in [0.717, 1.165) is 35.6 Å². The molecule has 0 saturated heterocycles. The van der Waals surface area contributed by atoms with Crippen LogP contribution in [-0.4, -0.2) is 29.1 Å². The van der Waals surface area contributed by atoms with Gasteiger partial charge in [0.05, 0.1) is 0 Å². The normalized spacial score (nSPS) is 10.6. The zero-order valence-corrected chi connectivity index (χ0v) is 15.9. The number of anilines is 2. The van der Waals surface area contributed by atoms with Crippen molar-refractivity contribution < 1.29 is 9.32 Å². The van der Waals surface area contributed by atoms with Crippen LogP contribution in [0, 0.1) is 6.92 Å². The Labute approximate surface area is 159 Å². The summed E-state index contributed by atoms with van der Waals surface area (Å²) < 4.78 is 5.23. The van der Waals surface area contributed by atoms with Gasteiger partial charge < -0.3 is 14.7 Å². The predicted octanol–water partition coefficient (Wildman–Crippen LogP) is 4.07. The molecule has 0 radical (unpaired) electrons. The van der Waals surface area contributed by atoms with E-state index in [1.807, 2.05) is 55.5 Å². The van der Waals surface area contributed by atoms with Crippen molar-refractivity contribution in [3.63, 3.8) is 0 Å². The van der Waals surface area contributed by atoms with Gasteiger partial charge in [0.25, 0.3) is 0 Å². The van der Waals surface area contributed by atoms with E-state index in [0.29, 0.717) is 11.7 Å². The summed E-state index contributed by atoms with van der Waals surface area (Å²) in [4.78, 5) is 18.9. The Morgan fingerprint density at radius 3 is 2.44 bits per heavy atom. The van der Waals surface area contributed by atoms with Crippen LogP contribution in [0.4, 0.5) is 11.4 Å². The highest BCUT2D eigenvalue weighted by Crippen LogP contribution is 2.20. The van der Waals surface area contributed by atoms with Crippen molar-refractivity contribution in [2.45, 2.75) is 27.2 Å². The van der Waals surface area contributed by atoms with E-state index < -0.39 is 0 Å². The van der Waals surface area contributed by atoms with E-state index in [2.05, 4.69) is 34.2 Å². The summed E-state index contributed by atoms with van der Waals surface area (Å²) in [6.45, 7) is 8.12. The number of benzene rings is 2. The van der Waals surface area contributed by atoms with Gasteiger partial charge in [-0.2, -0.15) is 4.98 Å². The number of amides is 1. The molecule has 140 valence electrons. The van der Waals surface area contributed by atoms with Gasteiger partial charge in [-0.05, 0) is 50.6 Å². The van der Waals surface area contributed by atoms with E-state index in [1.54, 1.807) is 0 Å². The quantitative estimate of drug-likeness (QED) is 0.684. The minimum atomic E-state index is -0.189. The molecule has 1 heterocycles. The van der Waals surface area contributed by atoms with Gasteiger partial charge in [0.2, 0.25) is 17.6 Å². The van der Waals surface area contributed by atoms with Gasteiger partial charge in [-0.1, -0.05) is 29.4 Å². The predicted molar refractivity (Wildman–Crippen MR) is 107 cm³/mol. The summed E-state index contributed by atoms with van der Waals surface area (Å²) in [7, 11) is 0. The molecule has 0 aliphatic rings. The number of rotatable bonds is 7. The lowest BCUT2D eigenvalue weighted by molar-refractivity contribution is -0.115. The lowest BCUT2D eigenvalue weighted by Gasteiger charge is -2.21. The minimum absolute atomic E-state index is 0.0384.